The minimum Gasteiger partial charge on any atom is -0.443 e. The summed E-state index contributed by atoms with van der Waals surface area (Å²) in [5.41, 5.74) is -0.162. The first-order chi connectivity index (χ1) is 14.5. The van der Waals surface area contributed by atoms with Gasteiger partial charge in [0.1, 0.15) is 18.8 Å². The molecule has 6 rings (SSSR count). The van der Waals surface area contributed by atoms with Crippen LogP contribution in [0.15, 0.2) is 24.3 Å². The second kappa shape index (κ2) is 7.18. The van der Waals surface area contributed by atoms with Gasteiger partial charge in [-0.2, -0.15) is 17.6 Å². The molecule has 1 aromatic carbocycles. The summed E-state index contributed by atoms with van der Waals surface area (Å²) in [7, 11) is 0. The zero-order valence-corrected chi connectivity index (χ0v) is 18.7. The normalized spacial score (nSPS) is 36.7. The van der Waals surface area contributed by atoms with Crippen LogP contribution in [-0.4, -0.2) is 42.5 Å². The maximum absolute atomic E-state index is 13.9. The molecule has 1 spiro atoms. The van der Waals surface area contributed by atoms with E-state index in [1.807, 2.05) is 12.1 Å². The van der Waals surface area contributed by atoms with Gasteiger partial charge in [-0.1, -0.05) is 0 Å². The molecule has 1 aliphatic heterocycles. The molecule has 5 nitrogen and oxygen atoms in total. The van der Waals surface area contributed by atoms with Crippen molar-refractivity contribution >= 4 is 34.4 Å². The molecule has 10 heteroatoms. The number of carbonyl (C=O) groups excluding carboxylic acids is 1. The Labute approximate surface area is 190 Å². The lowest BCUT2D eigenvalue weighted by Gasteiger charge is -2.62. The van der Waals surface area contributed by atoms with Crippen molar-refractivity contribution in [3.8, 4) is 0 Å². The molecular weight excluding hydrogens is 533 g/mol. The maximum Gasteiger partial charge on any atom is 0.412 e. The number of hydrogen-bond acceptors (Lipinski definition) is 4. The van der Waals surface area contributed by atoms with Crippen LogP contribution in [0.4, 0.5) is 28.0 Å². The lowest BCUT2D eigenvalue weighted by molar-refractivity contribution is -0.353. The van der Waals surface area contributed by atoms with Crippen LogP contribution >= 0.6 is 22.6 Å². The van der Waals surface area contributed by atoms with Gasteiger partial charge in [-0.3, -0.25) is 5.32 Å². The van der Waals surface area contributed by atoms with Gasteiger partial charge in [0.05, 0.1) is 0 Å². The van der Waals surface area contributed by atoms with Crippen molar-refractivity contribution in [2.24, 2.45) is 17.8 Å². The molecule has 1 saturated heterocycles. The fraction of sp³-hybridized carbons (Fsp3) is 0.667. The standard InChI is InChI=1S/C21H22F4INO4/c22-19(23)10-29-21(30-11-20(19,24)25)13-5-12-6-14(21)9-18(7-12,8-13)31-17(28)27-16-3-1-15(26)2-4-16/h1-4,12-14H,5-11H2,(H,27,28). The molecule has 0 radical (unpaired) electrons. The zero-order chi connectivity index (χ0) is 22.1. The van der Waals surface area contributed by atoms with E-state index in [0.717, 1.165) is 3.57 Å². The summed E-state index contributed by atoms with van der Waals surface area (Å²) >= 11 is 2.16. The van der Waals surface area contributed by atoms with Gasteiger partial charge in [-0.05, 0) is 84.9 Å². The highest BCUT2D eigenvalue weighted by atomic mass is 127. The Morgan fingerprint density at radius 3 is 2.06 bits per heavy atom. The lowest BCUT2D eigenvalue weighted by Crippen LogP contribution is -2.66. The summed E-state index contributed by atoms with van der Waals surface area (Å²) in [4.78, 5) is 12.6. The molecule has 2 atom stereocenters. The number of carbonyl (C=O) groups is 1. The fourth-order valence-corrected chi connectivity index (χ4v) is 6.34. The number of alkyl halides is 4. The van der Waals surface area contributed by atoms with Crippen LogP contribution in [0, 0.1) is 21.3 Å². The number of rotatable bonds is 2. The molecule has 1 amide bonds. The predicted molar refractivity (Wildman–Crippen MR) is 110 cm³/mol. The molecule has 4 aliphatic carbocycles. The molecule has 31 heavy (non-hydrogen) atoms. The van der Waals surface area contributed by atoms with Crippen LogP contribution in [0.3, 0.4) is 0 Å². The molecule has 0 aromatic heterocycles. The van der Waals surface area contributed by atoms with E-state index < -0.39 is 42.5 Å². The Morgan fingerprint density at radius 1 is 0.968 bits per heavy atom. The molecule has 1 heterocycles. The van der Waals surface area contributed by atoms with E-state index in [1.165, 1.54) is 0 Å². The van der Waals surface area contributed by atoms with E-state index in [9.17, 15) is 22.4 Å². The molecule has 4 bridgehead atoms. The second-order valence-electron chi connectivity index (χ2n) is 9.26. The third-order valence-corrected chi connectivity index (χ3v) is 7.88. The van der Waals surface area contributed by atoms with Gasteiger partial charge in [-0.15, -0.1) is 0 Å². The van der Waals surface area contributed by atoms with E-state index in [2.05, 4.69) is 27.9 Å². The number of anilines is 1. The van der Waals surface area contributed by atoms with Crippen LogP contribution in [0.2, 0.25) is 0 Å². The number of nitrogens with one attached hydrogen (secondary N) is 1. The van der Waals surface area contributed by atoms with E-state index in [0.29, 0.717) is 37.8 Å². The first-order valence-electron chi connectivity index (χ1n) is 10.3. The van der Waals surface area contributed by atoms with Crippen molar-refractivity contribution in [2.45, 2.75) is 55.3 Å². The third kappa shape index (κ3) is 3.62. The first kappa shape index (κ1) is 21.7. The zero-order valence-electron chi connectivity index (χ0n) is 16.5. The van der Waals surface area contributed by atoms with E-state index in [-0.39, 0.29) is 17.8 Å². The SMILES string of the molecule is O=C(Nc1ccc(I)cc1)OC12CC3CC(C1)C1(OCC(F)(F)C(F)(F)CO1)C(C3)C2. The van der Waals surface area contributed by atoms with Crippen molar-refractivity contribution in [1.29, 1.82) is 0 Å². The molecule has 5 fully saturated rings. The Hall–Kier alpha value is -1.14. The lowest BCUT2D eigenvalue weighted by atomic mass is 9.51. The summed E-state index contributed by atoms with van der Waals surface area (Å²) in [6.45, 7) is -2.75. The molecule has 1 N–H and O–H groups in total. The Bertz CT molecular complexity index is 845. The van der Waals surface area contributed by atoms with Crippen LogP contribution in [0.5, 0.6) is 0 Å². The first-order valence-corrected chi connectivity index (χ1v) is 11.4. The van der Waals surface area contributed by atoms with Crippen LogP contribution < -0.4 is 5.32 Å². The fourth-order valence-electron chi connectivity index (χ4n) is 5.98. The van der Waals surface area contributed by atoms with Crippen LogP contribution in [-0.2, 0) is 14.2 Å². The van der Waals surface area contributed by atoms with Crippen molar-refractivity contribution in [2.75, 3.05) is 18.5 Å². The maximum atomic E-state index is 13.9. The van der Waals surface area contributed by atoms with Gasteiger partial charge in [-0.25, -0.2) is 4.79 Å². The van der Waals surface area contributed by atoms with Crippen LogP contribution in [0.1, 0.15) is 32.1 Å². The molecule has 170 valence electrons. The highest BCUT2D eigenvalue weighted by molar-refractivity contribution is 14.1. The van der Waals surface area contributed by atoms with Gasteiger partial charge in [0.2, 0.25) is 0 Å². The Balaban J connectivity index is 1.33. The van der Waals surface area contributed by atoms with E-state index in [4.69, 9.17) is 14.2 Å². The summed E-state index contributed by atoms with van der Waals surface area (Å²) in [6, 6.07) is 7.25. The van der Waals surface area contributed by atoms with Gasteiger partial charge in [0, 0.05) is 21.1 Å². The number of benzene rings is 1. The average molecular weight is 555 g/mol. The highest BCUT2D eigenvalue weighted by Gasteiger charge is 2.69. The molecule has 2 unspecified atom stereocenters. The molecule has 5 aliphatic rings. The van der Waals surface area contributed by atoms with Gasteiger partial charge in [0.15, 0.2) is 5.79 Å². The van der Waals surface area contributed by atoms with E-state index >= 15 is 0 Å². The topological polar surface area (TPSA) is 56.8 Å². The van der Waals surface area contributed by atoms with E-state index in [1.54, 1.807) is 12.1 Å². The van der Waals surface area contributed by atoms with Gasteiger partial charge >= 0.3 is 17.9 Å². The average Bonchev–Trinajstić information content (AvgIpc) is 2.76. The summed E-state index contributed by atoms with van der Waals surface area (Å²) in [5.74, 6) is -10.6. The largest absolute Gasteiger partial charge is 0.443 e. The number of hydrogen-bond donors (Lipinski definition) is 1. The van der Waals surface area contributed by atoms with Crippen molar-refractivity contribution in [3.05, 3.63) is 27.8 Å². The minimum absolute atomic E-state index is 0.214. The Kier molecular flexibility index (Phi) is 5.02. The van der Waals surface area contributed by atoms with Gasteiger partial charge < -0.3 is 14.2 Å². The Morgan fingerprint density at radius 2 is 1.52 bits per heavy atom. The van der Waals surface area contributed by atoms with Crippen molar-refractivity contribution in [1.82, 2.24) is 0 Å². The number of halogens is 5. The smallest absolute Gasteiger partial charge is 0.412 e. The summed E-state index contributed by atoms with van der Waals surface area (Å²) < 4.78 is 73.4. The summed E-state index contributed by atoms with van der Waals surface area (Å²) in [6.07, 6.45) is 2.02. The predicted octanol–water partition coefficient (Wildman–Crippen LogP) is 5.43. The van der Waals surface area contributed by atoms with Gasteiger partial charge in [0.25, 0.3) is 0 Å². The number of ether oxygens (including phenoxy) is 3. The van der Waals surface area contributed by atoms with Crippen molar-refractivity contribution < 1.29 is 36.6 Å². The summed E-state index contributed by atoms with van der Waals surface area (Å²) in [5, 5.41) is 2.72. The second-order valence-corrected chi connectivity index (χ2v) is 10.5. The number of amides is 1. The molecular formula is C21H22F4INO4. The quantitative estimate of drug-likeness (QED) is 0.391. The van der Waals surface area contributed by atoms with Crippen molar-refractivity contribution in [3.63, 3.8) is 0 Å². The third-order valence-electron chi connectivity index (χ3n) is 7.16. The molecule has 4 saturated carbocycles. The monoisotopic (exact) mass is 555 g/mol. The highest BCUT2D eigenvalue weighted by Crippen LogP contribution is 2.63. The van der Waals surface area contributed by atoms with Crippen LogP contribution in [0.25, 0.3) is 0 Å². The minimum atomic E-state index is -4.28. The molecule has 1 aromatic rings.